The molecule has 0 radical (unpaired) electrons. The van der Waals surface area contributed by atoms with Crippen molar-refractivity contribution in [3.63, 3.8) is 0 Å². The van der Waals surface area contributed by atoms with Gasteiger partial charge in [-0.05, 0) is 43.5 Å². The van der Waals surface area contributed by atoms with Crippen LogP contribution in [0.25, 0.3) is 0 Å². The highest BCUT2D eigenvalue weighted by Crippen LogP contribution is 2.23. The Labute approximate surface area is 225 Å². The van der Waals surface area contributed by atoms with E-state index >= 15 is 0 Å². The van der Waals surface area contributed by atoms with Crippen molar-refractivity contribution in [2.24, 2.45) is 0 Å². The second-order valence-electron chi connectivity index (χ2n) is 11.1. The van der Waals surface area contributed by atoms with Crippen molar-refractivity contribution in [2.75, 3.05) is 50.7 Å². The van der Waals surface area contributed by atoms with Gasteiger partial charge in [0.1, 0.15) is 0 Å². The number of nitrogens with zero attached hydrogens (tertiary/aromatic N) is 6. The monoisotopic (exact) mass is 520 g/mol. The van der Waals surface area contributed by atoms with Crippen molar-refractivity contribution in [1.82, 2.24) is 24.6 Å². The Morgan fingerprint density at radius 3 is 2.39 bits per heavy atom. The molecule has 2 fully saturated rings. The SMILES string of the molecule is CC(=O)N1[C@H](C)CN(c2ccc(CN3CCN(C[C@H](O)CN4CCc5ccccc5C4)C3=O)nc2)C[C@@H]1C. The first-order chi connectivity index (χ1) is 18.3. The summed E-state index contributed by atoms with van der Waals surface area (Å²) in [6.45, 7) is 11.8. The van der Waals surface area contributed by atoms with Crippen molar-refractivity contribution in [3.8, 4) is 0 Å². The molecule has 0 aliphatic carbocycles. The quantitative estimate of drug-likeness (QED) is 0.603. The number of urea groups is 1. The van der Waals surface area contributed by atoms with Crippen molar-refractivity contribution in [3.05, 3.63) is 59.4 Å². The molecule has 0 spiro atoms. The van der Waals surface area contributed by atoms with Crippen molar-refractivity contribution in [1.29, 1.82) is 0 Å². The maximum Gasteiger partial charge on any atom is 0.320 e. The van der Waals surface area contributed by atoms with Crippen LogP contribution in [0, 0.1) is 0 Å². The zero-order valence-corrected chi connectivity index (χ0v) is 22.8. The van der Waals surface area contributed by atoms with Gasteiger partial charge in [-0.25, -0.2) is 4.79 Å². The summed E-state index contributed by atoms with van der Waals surface area (Å²) < 4.78 is 0. The fourth-order valence-electron chi connectivity index (χ4n) is 6.32. The number of fused-ring (bicyclic) bond motifs is 1. The third kappa shape index (κ3) is 5.78. The number of hydrogen-bond acceptors (Lipinski definition) is 6. The fraction of sp³-hybridized carbons (Fsp3) is 0.552. The molecule has 3 aliphatic rings. The van der Waals surface area contributed by atoms with E-state index in [-0.39, 0.29) is 24.0 Å². The highest BCUT2D eigenvalue weighted by Gasteiger charge is 2.32. The maximum atomic E-state index is 13.0. The number of amides is 3. The molecule has 4 heterocycles. The molecule has 5 rings (SSSR count). The number of aliphatic hydroxyl groups excluding tert-OH is 1. The number of pyridine rings is 1. The lowest BCUT2D eigenvalue weighted by Crippen LogP contribution is -2.58. The number of β-amino-alcohol motifs (C(OH)–C–C–N with tert-alkyl or cyclic N) is 1. The molecule has 0 unspecified atom stereocenters. The van der Waals surface area contributed by atoms with Crippen LogP contribution in [0.4, 0.5) is 10.5 Å². The second-order valence-corrected chi connectivity index (χ2v) is 11.1. The third-order valence-corrected chi connectivity index (χ3v) is 8.10. The van der Waals surface area contributed by atoms with E-state index in [0.29, 0.717) is 32.7 Å². The molecule has 38 heavy (non-hydrogen) atoms. The summed E-state index contributed by atoms with van der Waals surface area (Å²) in [6.07, 6.45) is 2.30. The normalized spacial score (nSPS) is 23.1. The van der Waals surface area contributed by atoms with Crippen LogP contribution in [0.1, 0.15) is 37.6 Å². The number of aliphatic hydroxyl groups is 1. The first-order valence-electron chi connectivity index (χ1n) is 13.8. The average Bonchev–Trinajstić information content (AvgIpc) is 3.22. The van der Waals surface area contributed by atoms with Crippen LogP contribution in [-0.2, 0) is 24.3 Å². The van der Waals surface area contributed by atoms with Gasteiger partial charge in [-0.2, -0.15) is 0 Å². The van der Waals surface area contributed by atoms with Crippen LogP contribution in [0.2, 0.25) is 0 Å². The fourth-order valence-corrected chi connectivity index (χ4v) is 6.32. The summed E-state index contributed by atoms with van der Waals surface area (Å²) in [6, 6.07) is 12.8. The smallest absolute Gasteiger partial charge is 0.320 e. The highest BCUT2D eigenvalue weighted by atomic mass is 16.3. The molecule has 204 valence electrons. The number of anilines is 1. The summed E-state index contributed by atoms with van der Waals surface area (Å²) in [5, 5.41) is 10.7. The summed E-state index contributed by atoms with van der Waals surface area (Å²) in [7, 11) is 0. The minimum Gasteiger partial charge on any atom is -0.390 e. The summed E-state index contributed by atoms with van der Waals surface area (Å²) in [5.41, 5.74) is 4.61. The molecular formula is C29H40N6O3. The number of hydrogen-bond donors (Lipinski definition) is 1. The summed E-state index contributed by atoms with van der Waals surface area (Å²) in [4.78, 5) is 39.7. The van der Waals surface area contributed by atoms with Gasteiger partial charge in [0.15, 0.2) is 0 Å². The van der Waals surface area contributed by atoms with Crippen molar-refractivity contribution < 1.29 is 14.7 Å². The molecule has 9 heteroatoms. The zero-order chi connectivity index (χ0) is 26.8. The van der Waals surface area contributed by atoms with Gasteiger partial charge in [0.2, 0.25) is 5.91 Å². The average molecular weight is 521 g/mol. The Bertz CT molecular complexity index is 1130. The second kappa shape index (κ2) is 11.3. The van der Waals surface area contributed by atoms with Gasteiger partial charge in [-0.1, -0.05) is 24.3 Å². The lowest BCUT2D eigenvalue weighted by atomic mass is 10.00. The lowest BCUT2D eigenvalue weighted by Gasteiger charge is -2.45. The Morgan fingerprint density at radius 2 is 1.71 bits per heavy atom. The molecule has 2 saturated heterocycles. The van der Waals surface area contributed by atoms with Crippen molar-refractivity contribution >= 4 is 17.6 Å². The van der Waals surface area contributed by atoms with Crippen molar-refractivity contribution in [2.45, 2.75) is 58.5 Å². The van der Waals surface area contributed by atoms with E-state index in [4.69, 9.17) is 0 Å². The van der Waals surface area contributed by atoms with E-state index in [1.165, 1.54) is 11.1 Å². The van der Waals surface area contributed by atoms with Gasteiger partial charge in [0, 0.05) is 71.4 Å². The molecule has 9 nitrogen and oxygen atoms in total. The first-order valence-corrected chi connectivity index (χ1v) is 13.8. The van der Waals surface area contributed by atoms with Crippen LogP contribution < -0.4 is 4.90 Å². The van der Waals surface area contributed by atoms with E-state index in [1.54, 1.807) is 11.8 Å². The molecular weight excluding hydrogens is 480 g/mol. The number of piperazine rings is 1. The minimum atomic E-state index is -0.574. The molecule has 1 aromatic carbocycles. The third-order valence-electron chi connectivity index (χ3n) is 8.10. The number of aromatic nitrogens is 1. The molecule has 3 amide bonds. The maximum absolute atomic E-state index is 13.0. The Balaban J connectivity index is 1.10. The van der Waals surface area contributed by atoms with Crippen LogP contribution >= 0.6 is 0 Å². The highest BCUT2D eigenvalue weighted by molar-refractivity contribution is 5.76. The van der Waals surface area contributed by atoms with Gasteiger partial charge >= 0.3 is 6.03 Å². The zero-order valence-electron chi connectivity index (χ0n) is 22.8. The van der Waals surface area contributed by atoms with Gasteiger partial charge in [-0.15, -0.1) is 0 Å². The van der Waals surface area contributed by atoms with E-state index in [9.17, 15) is 14.7 Å². The van der Waals surface area contributed by atoms with Crippen LogP contribution in [0.5, 0.6) is 0 Å². The number of benzene rings is 1. The molecule has 2 aromatic rings. The first kappa shape index (κ1) is 26.4. The Morgan fingerprint density at radius 1 is 1.00 bits per heavy atom. The van der Waals surface area contributed by atoms with Gasteiger partial charge < -0.3 is 24.7 Å². The molecule has 3 aliphatic heterocycles. The van der Waals surface area contributed by atoms with E-state index in [1.807, 2.05) is 22.1 Å². The van der Waals surface area contributed by atoms with E-state index < -0.39 is 6.10 Å². The lowest BCUT2D eigenvalue weighted by molar-refractivity contribution is -0.133. The Hall–Kier alpha value is -3.17. The minimum absolute atomic E-state index is 0.0399. The number of carbonyl (C=O) groups excluding carboxylic acids is 2. The summed E-state index contributed by atoms with van der Waals surface area (Å²) >= 11 is 0. The van der Waals surface area contributed by atoms with E-state index in [0.717, 1.165) is 44.0 Å². The predicted octanol–water partition coefficient (Wildman–Crippen LogP) is 2.18. The number of rotatable bonds is 7. The van der Waals surface area contributed by atoms with E-state index in [2.05, 4.69) is 59.0 Å². The van der Waals surface area contributed by atoms with Crippen LogP contribution in [-0.4, -0.2) is 106 Å². The van der Waals surface area contributed by atoms with Gasteiger partial charge in [0.25, 0.3) is 0 Å². The standard InChI is InChI=1S/C29H40N6O3/c1-21-15-34(16-22(2)35(21)23(3)36)27-9-8-26(30-14-27)18-32-12-13-33(29(32)38)20-28(37)19-31-11-10-24-6-4-5-7-25(24)17-31/h4-9,14,21-22,28,37H,10-13,15-20H2,1-3H3/t21-,22+,28-/m1/s1. The Kier molecular flexibility index (Phi) is 7.85. The molecule has 1 aromatic heterocycles. The molecule has 3 atom stereocenters. The molecule has 0 saturated carbocycles. The molecule has 0 bridgehead atoms. The topological polar surface area (TPSA) is 83.5 Å². The largest absolute Gasteiger partial charge is 0.390 e. The molecule has 1 N–H and O–H groups in total. The van der Waals surface area contributed by atoms with Crippen LogP contribution in [0.3, 0.4) is 0 Å². The predicted molar refractivity (Wildman–Crippen MR) is 147 cm³/mol. The summed E-state index contributed by atoms with van der Waals surface area (Å²) in [5.74, 6) is 0.118. The van der Waals surface area contributed by atoms with Crippen LogP contribution in [0.15, 0.2) is 42.6 Å². The van der Waals surface area contributed by atoms with Gasteiger partial charge in [-0.3, -0.25) is 14.7 Å². The van der Waals surface area contributed by atoms with Gasteiger partial charge in [0.05, 0.1) is 30.2 Å². The number of carbonyl (C=O) groups is 2.